The summed E-state index contributed by atoms with van der Waals surface area (Å²) in [5.74, 6) is 0.0855. The van der Waals surface area contributed by atoms with Gasteiger partial charge in [-0.3, -0.25) is 4.79 Å². The minimum atomic E-state index is -0.205. The average Bonchev–Trinajstić information content (AvgIpc) is 2.87. The number of anilines is 1. The van der Waals surface area contributed by atoms with Gasteiger partial charge in [0.05, 0.1) is 19.1 Å². The van der Waals surface area contributed by atoms with Crippen LogP contribution in [0.1, 0.15) is 13.3 Å². The molecule has 0 saturated carbocycles. The fraction of sp³-hybridized carbons (Fsp3) is 0.583. The molecule has 1 saturated heterocycles. The van der Waals surface area contributed by atoms with E-state index in [1.54, 1.807) is 12.1 Å². The fourth-order valence-electron chi connectivity index (χ4n) is 1.95. The van der Waals surface area contributed by atoms with E-state index in [4.69, 9.17) is 16.3 Å². The summed E-state index contributed by atoms with van der Waals surface area (Å²) < 4.78 is 5.36. The fourth-order valence-corrected chi connectivity index (χ4v) is 2.05. The number of hydrogen-bond donors (Lipinski definition) is 2. The van der Waals surface area contributed by atoms with E-state index < -0.39 is 0 Å². The van der Waals surface area contributed by atoms with Gasteiger partial charge in [0.2, 0.25) is 5.91 Å². The molecule has 0 aromatic carbocycles. The van der Waals surface area contributed by atoms with Crippen molar-refractivity contribution in [2.24, 2.45) is 5.92 Å². The minimum absolute atomic E-state index is 0.0557. The molecule has 2 atom stereocenters. The van der Waals surface area contributed by atoms with Crippen molar-refractivity contribution in [1.82, 2.24) is 15.5 Å². The zero-order valence-corrected chi connectivity index (χ0v) is 11.5. The highest BCUT2D eigenvalue weighted by atomic mass is 35.5. The van der Waals surface area contributed by atoms with Crippen LogP contribution in [0.25, 0.3) is 0 Å². The van der Waals surface area contributed by atoms with Gasteiger partial charge in [0, 0.05) is 6.04 Å². The molecule has 0 aliphatic carbocycles. The SMILES string of the molecule is CCCNC1COCC1C(=O)Nc1ccc(Cl)nn1. The first kappa shape index (κ1) is 14.2. The number of amides is 1. The van der Waals surface area contributed by atoms with Gasteiger partial charge in [0.1, 0.15) is 0 Å². The number of aromatic nitrogens is 2. The molecule has 2 unspecified atom stereocenters. The van der Waals surface area contributed by atoms with Crippen LogP contribution in [0.5, 0.6) is 0 Å². The predicted octanol–water partition coefficient (Wildman–Crippen LogP) is 1.08. The summed E-state index contributed by atoms with van der Waals surface area (Å²) in [5, 5.41) is 13.8. The van der Waals surface area contributed by atoms with Gasteiger partial charge < -0.3 is 15.4 Å². The normalized spacial score (nSPS) is 22.4. The Hall–Kier alpha value is -1.24. The highest BCUT2D eigenvalue weighted by Gasteiger charge is 2.33. The summed E-state index contributed by atoms with van der Waals surface area (Å²) in [4.78, 5) is 12.1. The Morgan fingerprint density at radius 1 is 1.47 bits per heavy atom. The van der Waals surface area contributed by atoms with Crippen molar-refractivity contribution in [3.63, 3.8) is 0 Å². The largest absolute Gasteiger partial charge is 0.379 e. The molecule has 1 aromatic rings. The molecule has 0 radical (unpaired) electrons. The van der Waals surface area contributed by atoms with Crippen molar-refractivity contribution in [1.29, 1.82) is 0 Å². The summed E-state index contributed by atoms with van der Waals surface area (Å²) in [6.07, 6.45) is 1.02. The number of nitrogens with one attached hydrogen (secondary N) is 2. The van der Waals surface area contributed by atoms with E-state index >= 15 is 0 Å². The quantitative estimate of drug-likeness (QED) is 0.846. The maximum Gasteiger partial charge on any atom is 0.232 e. The van der Waals surface area contributed by atoms with Gasteiger partial charge in [-0.15, -0.1) is 10.2 Å². The Balaban J connectivity index is 1.93. The van der Waals surface area contributed by atoms with E-state index in [1.807, 2.05) is 0 Å². The molecular weight excluding hydrogens is 268 g/mol. The van der Waals surface area contributed by atoms with Crippen LogP contribution in [-0.4, -0.2) is 41.9 Å². The van der Waals surface area contributed by atoms with Crippen LogP contribution < -0.4 is 10.6 Å². The van der Waals surface area contributed by atoms with Crippen molar-refractivity contribution < 1.29 is 9.53 Å². The van der Waals surface area contributed by atoms with Crippen LogP contribution in [0.2, 0.25) is 5.15 Å². The Bertz CT molecular complexity index is 426. The number of carbonyl (C=O) groups excluding carboxylic acids is 1. The first-order valence-electron chi connectivity index (χ1n) is 6.32. The third kappa shape index (κ3) is 3.86. The topological polar surface area (TPSA) is 76.1 Å². The van der Waals surface area contributed by atoms with Gasteiger partial charge in [0.25, 0.3) is 0 Å². The van der Waals surface area contributed by atoms with Crippen LogP contribution >= 0.6 is 11.6 Å². The van der Waals surface area contributed by atoms with Crippen LogP contribution in [-0.2, 0) is 9.53 Å². The van der Waals surface area contributed by atoms with E-state index in [2.05, 4.69) is 27.8 Å². The van der Waals surface area contributed by atoms with E-state index in [9.17, 15) is 4.79 Å². The van der Waals surface area contributed by atoms with E-state index in [-0.39, 0.29) is 17.9 Å². The third-order valence-electron chi connectivity index (χ3n) is 2.96. The minimum Gasteiger partial charge on any atom is -0.379 e. The van der Waals surface area contributed by atoms with Crippen molar-refractivity contribution in [2.75, 3.05) is 25.1 Å². The molecule has 0 bridgehead atoms. The maximum absolute atomic E-state index is 12.1. The molecule has 1 amide bonds. The summed E-state index contributed by atoms with van der Waals surface area (Å²) in [6, 6.07) is 3.26. The summed E-state index contributed by atoms with van der Waals surface area (Å²) in [7, 11) is 0. The number of hydrogen-bond acceptors (Lipinski definition) is 5. The van der Waals surface area contributed by atoms with Crippen molar-refractivity contribution in [3.8, 4) is 0 Å². The summed E-state index contributed by atoms with van der Waals surface area (Å²) in [5.41, 5.74) is 0. The Morgan fingerprint density at radius 2 is 2.32 bits per heavy atom. The maximum atomic E-state index is 12.1. The lowest BCUT2D eigenvalue weighted by atomic mass is 10.0. The molecular formula is C12H17ClN4O2. The van der Waals surface area contributed by atoms with Crippen molar-refractivity contribution in [2.45, 2.75) is 19.4 Å². The highest BCUT2D eigenvalue weighted by molar-refractivity contribution is 6.29. The van der Waals surface area contributed by atoms with Crippen LogP contribution in [0.15, 0.2) is 12.1 Å². The highest BCUT2D eigenvalue weighted by Crippen LogP contribution is 2.16. The number of nitrogens with zero attached hydrogens (tertiary/aromatic N) is 2. The first-order chi connectivity index (χ1) is 9.20. The first-order valence-corrected chi connectivity index (χ1v) is 6.69. The van der Waals surface area contributed by atoms with Crippen molar-refractivity contribution >= 4 is 23.3 Å². The third-order valence-corrected chi connectivity index (χ3v) is 3.16. The van der Waals surface area contributed by atoms with Gasteiger partial charge in [-0.25, -0.2) is 0 Å². The Kier molecular flexibility index (Phi) is 5.07. The van der Waals surface area contributed by atoms with E-state index in [0.717, 1.165) is 13.0 Å². The van der Waals surface area contributed by atoms with Gasteiger partial charge in [-0.2, -0.15) is 0 Å². The Morgan fingerprint density at radius 3 is 3.00 bits per heavy atom. The van der Waals surface area contributed by atoms with E-state index in [0.29, 0.717) is 24.2 Å². The lowest BCUT2D eigenvalue weighted by Gasteiger charge is -2.17. The van der Waals surface area contributed by atoms with Crippen LogP contribution in [0.3, 0.4) is 0 Å². The molecule has 1 aromatic heterocycles. The summed E-state index contributed by atoms with van der Waals surface area (Å²) in [6.45, 7) is 3.94. The lowest BCUT2D eigenvalue weighted by Crippen LogP contribution is -2.41. The van der Waals surface area contributed by atoms with Gasteiger partial charge >= 0.3 is 0 Å². The standard InChI is InChI=1S/C12H17ClN4O2/c1-2-5-14-9-7-19-6-8(9)12(18)15-11-4-3-10(13)16-17-11/h3-4,8-9,14H,2,5-7H2,1H3,(H,15,17,18). The smallest absolute Gasteiger partial charge is 0.232 e. The molecule has 2 heterocycles. The van der Waals surface area contributed by atoms with Crippen LogP contribution in [0.4, 0.5) is 5.82 Å². The zero-order valence-electron chi connectivity index (χ0n) is 10.7. The van der Waals surface area contributed by atoms with Gasteiger partial charge in [0.15, 0.2) is 11.0 Å². The number of rotatable bonds is 5. The molecule has 6 nitrogen and oxygen atoms in total. The molecule has 1 aliphatic heterocycles. The average molecular weight is 285 g/mol. The lowest BCUT2D eigenvalue weighted by molar-refractivity contribution is -0.120. The van der Waals surface area contributed by atoms with E-state index in [1.165, 1.54) is 0 Å². The molecule has 1 fully saturated rings. The molecule has 19 heavy (non-hydrogen) atoms. The molecule has 1 aliphatic rings. The Labute approximate surface area is 116 Å². The monoisotopic (exact) mass is 284 g/mol. The second-order valence-corrected chi connectivity index (χ2v) is 4.82. The molecule has 104 valence electrons. The van der Waals surface area contributed by atoms with Gasteiger partial charge in [-0.1, -0.05) is 18.5 Å². The molecule has 2 N–H and O–H groups in total. The van der Waals surface area contributed by atoms with Crippen LogP contribution in [0, 0.1) is 5.92 Å². The predicted molar refractivity (Wildman–Crippen MR) is 72.1 cm³/mol. The number of halogens is 1. The molecule has 7 heteroatoms. The van der Waals surface area contributed by atoms with Crippen molar-refractivity contribution in [3.05, 3.63) is 17.3 Å². The summed E-state index contributed by atoms with van der Waals surface area (Å²) >= 11 is 5.64. The second kappa shape index (κ2) is 6.79. The molecule has 0 spiro atoms. The van der Waals surface area contributed by atoms with Gasteiger partial charge in [-0.05, 0) is 25.1 Å². The molecule has 2 rings (SSSR count). The number of ether oxygens (including phenoxy) is 1. The zero-order chi connectivity index (χ0) is 13.7. The number of carbonyl (C=O) groups is 1. The second-order valence-electron chi connectivity index (χ2n) is 4.44.